The zero-order valence-corrected chi connectivity index (χ0v) is 18.6. The number of thiazole rings is 1. The molecule has 3 amide bonds. The number of carbonyl (C=O) groups excluding carboxylic acids is 3. The molecule has 0 aliphatic heterocycles. The Kier molecular flexibility index (Phi) is 7.32. The maximum absolute atomic E-state index is 13.9. The Balaban J connectivity index is 1.65. The zero-order chi connectivity index (χ0) is 23.3. The highest BCUT2D eigenvalue weighted by molar-refractivity contribution is 7.17. The number of benzene rings is 2. The highest BCUT2D eigenvalue weighted by Crippen LogP contribution is 2.27. The normalized spacial score (nSPS) is 11.7. The van der Waals surface area contributed by atoms with Crippen molar-refractivity contribution in [1.82, 2.24) is 21.2 Å². The van der Waals surface area contributed by atoms with E-state index in [4.69, 9.17) is 0 Å². The van der Waals surface area contributed by atoms with Gasteiger partial charge in [0.1, 0.15) is 21.7 Å². The van der Waals surface area contributed by atoms with Crippen LogP contribution in [-0.2, 0) is 4.79 Å². The average Bonchev–Trinajstić information content (AvgIpc) is 3.18. The summed E-state index contributed by atoms with van der Waals surface area (Å²) in [6.45, 7) is 5.17. The third-order valence-corrected chi connectivity index (χ3v) is 5.88. The van der Waals surface area contributed by atoms with Crippen molar-refractivity contribution in [3.63, 3.8) is 0 Å². The largest absolute Gasteiger partial charge is 0.340 e. The van der Waals surface area contributed by atoms with Crippen LogP contribution in [0.4, 0.5) is 4.39 Å². The van der Waals surface area contributed by atoms with Gasteiger partial charge in [0.05, 0.1) is 11.3 Å². The molecule has 32 heavy (non-hydrogen) atoms. The van der Waals surface area contributed by atoms with E-state index in [1.165, 1.54) is 35.6 Å². The number of carbonyl (C=O) groups is 3. The minimum atomic E-state index is -0.982. The van der Waals surface area contributed by atoms with Crippen molar-refractivity contribution in [3.05, 3.63) is 76.5 Å². The molecule has 0 saturated heterocycles. The van der Waals surface area contributed by atoms with Crippen molar-refractivity contribution in [3.8, 4) is 10.6 Å². The molecule has 1 heterocycles. The number of aryl methyl sites for hydroxylation is 1. The summed E-state index contributed by atoms with van der Waals surface area (Å²) in [5.41, 5.74) is 5.97. The molecule has 3 rings (SSSR count). The third-order valence-electron chi connectivity index (χ3n) is 4.68. The molecule has 0 bridgehead atoms. The van der Waals surface area contributed by atoms with Crippen molar-refractivity contribution in [2.24, 2.45) is 5.92 Å². The van der Waals surface area contributed by atoms with E-state index in [0.717, 1.165) is 5.56 Å². The highest BCUT2D eigenvalue weighted by atomic mass is 32.1. The Morgan fingerprint density at radius 3 is 2.25 bits per heavy atom. The van der Waals surface area contributed by atoms with E-state index >= 15 is 0 Å². The van der Waals surface area contributed by atoms with Gasteiger partial charge in [-0.2, -0.15) is 0 Å². The van der Waals surface area contributed by atoms with Crippen LogP contribution in [0, 0.1) is 18.7 Å². The standard InChI is InChI=1S/C23H23FN4O3S/c1-13(2)18(26-20(29)16-11-7-8-12-17(16)24)21(30)27-28-22(31)19-14(3)25-23(32-19)15-9-5-4-6-10-15/h4-13,18H,1-3H3,(H,26,29)(H,27,30)(H,28,31)/t18-/m0/s1. The number of halogens is 1. The topological polar surface area (TPSA) is 100 Å². The number of amides is 3. The SMILES string of the molecule is Cc1nc(-c2ccccc2)sc1C(=O)NNC(=O)[C@@H](NC(=O)c1ccccc1F)C(C)C. The molecule has 3 N–H and O–H groups in total. The van der Waals surface area contributed by atoms with Crippen LogP contribution in [0.15, 0.2) is 54.6 Å². The van der Waals surface area contributed by atoms with E-state index in [2.05, 4.69) is 21.2 Å². The second kappa shape index (κ2) is 10.1. The molecule has 0 spiro atoms. The first kappa shape index (κ1) is 23.1. The third kappa shape index (κ3) is 5.36. The molecule has 1 atom stereocenters. The minimum Gasteiger partial charge on any atom is -0.340 e. The van der Waals surface area contributed by atoms with Gasteiger partial charge in [-0.05, 0) is 25.0 Å². The van der Waals surface area contributed by atoms with Crippen LogP contribution in [0.1, 0.15) is 39.6 Å². The van der Waals surface area contributed by atoms with Gasteiger partial charge in [-0.25, -0.2) is 9.37 Å². The predicted molar refractivity (Wildman–Crippen MR) is 120 cm³/mol. The minimum absolute atomic E-state index is 0.163. The molecule has 2 aromatic carbocycles. The van der Waals surface area contributed by atoms with Crippen molar-refractivity contribution >= 4 is 29.1 Å². The van der Waals surface area contributed by atoms with Crippen LogP contribution < -0.4 is 16.2 Å². The summed E-state index contributed by atoms with van der Waals surface area (Å²) in [6, 6.07) is 14.0. The fraction of sp³-hybridized carbons (Fsp3) is 0.217. The van der Waals surface area contributed by atoms with Crippen molar-refractivity contribution < 1.29 is 18.8 Å². The van der Waals surface area contributed by atoms with Crippen LogP contribution in [0.5, 0.6) is 0 Å². The fourth-order valence-electron chi connectivity index (χ4n) is 2.96. The molecule has 3 aromatic rings. The first-order chi connectivity index (χ1) is 15.3. The first-order valence-corrected chi connectivity index (χ1v) is 10.8. The van der Waals surface area contributed by atoms with E-state index in [-0.39, 0.29) is 11.5 Å². The van der Waals surface area contributed by atoms with Gasteiger partial charge >= 0.3 is 0 Å². The number of nitrogens with zero attached hydrogens (tertiary/aromatic N) is 1. The molecular weight excluding hydrogens is 431 g/mol. The molecule has 0 aliphatic rings. The van der Waals surface area contributed by atoms with Gasteiger partial charge in [0.2, 0.25) is 0 Å². The number of nitrogens with one attached hydrogen (secondary N) is 3. The number of hydrazine groups is 1. The number of rotatable bonds is 6. The lowest BCUT2D eigenvalue weighted by molar-refractivity contribution is -0.124. The van der Waals surface area contributed by atoms with E-state index in [1.54, 1.807) is 20.8 Å². The van der Waals surface area contributed by atoms with Crippen molar-refractivity contribution in [2.75, 3.05) is 0 Å². The lowest BCUT2D eigenvalue weighted by atomic mass is 10.0. The molecular formula is C23H23FN4O3S. The van der Waals surface area contributed by atoms with Crippen LogP contribution in [0.2, 0.25) is 0 Å². The number of hydrogen-bond donors (Lipinski definition) is 3. The summed E-state index contributed by atoms with van der Waals surface area (Å²) < 4.78 is 13.9. The summed E-state index contributed by atoms with van der Waals surface area (Å²) in [6.07, 6.45) is 0. The number of hydrogen-bond acceptors (Lipinski definition) is 5. The monoisotopic (exact) mass is 454 g/mol. The Hall–Kier alpha value is -3.59. The Labute approximate surface area is 189 Å². The maximum Gasteiger partial charge on any atom is 0.281 e. The summed E-state index contributed by atoms with van der Waals surface area (Å²) in [4.78, 5) is 42.4. The van der Waals surface area contributed by atoms with E-state index in [1.807, 2.05) is 30.3 Å². The average molecular weight is 455 g/mol. The smallest absolute Gasteiger partial charge is 0.281 e. The summed E-state index contributed by atoms with van der Waals surface area (Å²) in [5, 5.41) is 3.21. The van der Waals surface area contributed by atoms with E-state index in [9.17, 15) is 18.8 Å². The zero-order valence-electron chi connectivity index (χ0n) is 17.8. The molecule has 0 saturated carbocycles. The molecule has 0 radical (unpaired) electrons. The van der Waals surface area contributed by atoms with Gasteiger partial charge in [0, 0.05) is 5.56 Å². The Morgan fingerprint density at radius 1 is 0.938 bits per heavy atom. The Bertz CT molecular complexity index is 1130. The molecule has 1 aromatic heterocycles. The molecule has 0 unspecified atom stereocenters. The second-order valence-electron chi connectivity index (χ2n) is 7.42. The Morgan fingerprint density at radius 2 is 1.59 bits per heavy atom. The predicted octanol–water partition coefficient (Wildman–Crippen LogP) is 3.47. The molecule has 7 nitrogen and oxygen atoms in total. The summed E-state index contributed by atoms with van der Waals surface area (Å²) >= 11 is 1.21. The maximum atomic E-state index is 13.9. The fourth-order valence-corrected chi connectivity index (χ4v) is 3.93. The van der Waals surface area contributed by atoms with Crippen molar-refractivity contribution in [1.29, 1.82) is 0 Å². The molecule has 9 heteroatoms. The van der Waals surface area contributed by atoms with Gasteiger partial charge in [-0.3, -0.25) is 25.2 Å². The van der Waals surface area contributed by atoms with Gasteiger partial charge < -0.3 is 5.32 Å². The van der Waals surface area contributed by atoms with Gasteiger partial charge in [0.15, 0.2) is 0 Å². The van der Waals surface area contributed by atoms with Crippen LogP contribution in [0.25, 0.3) is 10.6 Å². The number of aromatic nitrogens is 1. The molecule has 166 valence electrons. The second-order valence-corrected chi connectivity index (χ2v) is 8.42. The first-order valence-electron chi connectivity index (χ1n) is 9.96. The molecule has 0 aliphatic carbocycles. The molecule has 0 fully saturated rings. The summed E-state index contributed by atoms with van der Waals surface area (Å²) in [7, 11) is 0. The van der Waals surface area contributed by atoms with Crippen LogP contribution in [0.3, 0.4) is 0 Å². The lowest BCUT2D eigenvalue weighted by Crippen LogP contribution is -2.54. The van der Waals surface area contributed by atoms with Gasteiger partial charge in [-0.15, -0.1) is 11.3 Å². The van der Waals surface area contributed by atoms with Gasteiger partial charge in [-0.1, -0.05) is 56.3 Å². The van der Waals surface area contributed by atoms with Gasteiger partial charge in [0.25, 0.3) is 17.7 Å². The van der Waals surface area contributed by atoms with Crippen molar-refractivity contribution in [2.45, 2.75) is 26.8 Å². The summed E-state index contributed by atoms with van der Waals surface area (Å²) in [5.74, 6) is -2.84. The lowest BCUT2D eigenvalue weighted by Gasteiger charge is -2.22. The van der Waals surface area contributed by atoms with E-state index < -0.39 is 29.6 Å². The quantitative estimate of drug-likeness (QED) is 0.497. The highest BCUT2D eigenvalue weighted by Gasteiger charge is 2.26. The van der Waals surface area contributed by atoms with E-state index in [0.29, 0.717) is 15.6 Å². The van der Waals surface area contributed by atoms with Crippen LogP contribution >= 0.6 is 11.3 Å². The van der Waals surface area contributed by atoms with Crippen LogP contribution in [-0.4, -0.2) is 28.7 Å².